The van der Waals surface area contributed by atoms with Crippen LogP contribution >= 0.6 is 0 Å². The van der Waals surface area contributed by atoms with Gasteiger partial charge in [0.15, 0.2) is 0 Å². The van der Waals surface area contributed by atoms with Gasteiger partial charge in [0.1, 0.15) is 0 Å². The number of aryl methyl sites for hydroxylation is 2. The number of nitrogens with zero attached hydrogens (tertiary/aromatic N) is 2. The first-order valence-corrected chi connectivity index (χ1v) is 3.93. The van der Waals surface area contributed by atoms with Crippen LogP contribution in [0.2, 0.25) is 0 Å². The number of rotatable bonds is 3. The topological polar surface area (TPSA) is 46.9 Å². The van der Waals surface area contributed by atoms with Crippen LogP contribution in [0.1, 0.15) is 12.1 Å². The summed E-state index contributed by atoms with van der Waals surface area (Å²) >= 11 is 0. The molecule has 0 saturated heterocycles. The lowest BCUT2D eigenvalue weighted by molar-refractivity contribution is -0.120. The van der Waals surface area contributed by atoms with Crippen LogP contribution in [0.5, 0.6) is 0 Å². The molecule has 0 aliphatic rings. The summed E-state index contributed by atoms with van der Waals surface area (Å²) in [6, 6.07) is 1.92. The first kappa shape index (κ1) is 8.77. The Hall–Kier alpha value is -1.32. The van der Waals surface area contributed by atoms with Gasteiger partial charge in [-0.15, -0.1) is 0 Å². The van der Waals surface area contributed by atoms with Crippen LogP contribution in [0.3, 0.4) is 0 Å². The van der Waals surface area contributed by atoms with Crippen molar-refractivity contribution < 1.29 is 4.79 Å². The van der Waals surface area contributed by atoms with Crippen LogP contribution in [0, 0.1) is 6.92 Å². The smallest absolute Gasteiger partial charge is 0.221 e. The standard InChI is InChI=1S/C8H13N3O/c1-7-3-5-10-11(7)6-4-8(12)9-2/h3,5H,4,6H2,1-2H3,(H,9,12). The van der Waals surface area contributed by atoms with E-state index in [1.165, 1.54) is 0 Å². The molecule has 0 saturated carbocycles. The third-order valence-electron chi connectivity index (χ3n) is 1.76. The van der Waals surface area contributed by atoms with Crippen molar-refractivity contribution in [2.24, 2.45) is 0 Å². The average molecular weight is 167 g/mol. The molecule has 4 heteroatoms. The van der Waals surface area contributed by atoms with Crippen molar-refractivity contribution >= 4 is 5.91 Å². The van der Waals surface area contributed by atoms with Crippen LogP contribution in [0.15, 0.2) is 12.3 Å². The first-order valence-electron chi connectivity index (χ1n) is 3.93. The molecule has 1 N–H and O–H groups in total. The molecule has 12 heavy (non-hydrogen) atoms. The van der Waals surface area contributed by atoms with Gasteiger partial charge in [0.05, 0.1) is 0 Å². The summed E-state index contributed by atoms with van der Waals surface area (Å²) in [5.74, 6) is 0.0462. The van der Waals surface area contributed by atoms with Crippen LogP contribution in [-0.4, -0.2) is 22.7 Å². The van der Waals surface area contributed by atoms with Crippen LogP contribution < -0.4 is 5.32 Å². The van der Waals surface area contributed by atoms with Gasteiger partial charge in [-0.1, -0.05) is 0 Å². The average Bonchev–Trinajstić information content (AvgIpc) is 2.47. The quantitative estimate of drug-likeness (QED) is 0.705. The van der Waals surface area contributed by atoms with Crippen LogP contribution in [0.4, 0.5) is 0 Å². The molecule has 0 aliphatic carbocycles. The maximum absolute atomic E-state index is 10.9. The minimum atomic E-state index is 0.0462. The third kappa shape index (κ3) is 2.08. The highest BCUT2D eigenvalue weighted by Crippen LogP contribution is 1.96. The molecule has 1 rings (SSSR count). The zero-order valence-electron chi connectivity index (χ0n) is 7.37. The molecule has 0 unspecified atom stereocenters. The fourth-order valence-corrected chi connectivity index (χ4v) is 0.965. The summed E-state index contributed by atoms with van der Waals surface area (Å²) in [4.78, 5) is 10.9. The molecule has 1 aromatic heterocycles. The highest BCUT2D eigenvalue weighted by atomic mass is 16.1. The molecule has 0 bridgehead atoms. The van der Waals surface area contributed by atoms with Crippen molar-refractivity contribution in [1.29, 1.82) is 0 Å². The van der Waals surface area contributed by atoms with Gasteiger partial charge >= 0.3 is 0 Å². The second kappa shape index (κ2) is 3.90. The summed E-state index contributed by atoms with van der Waals surface area (Å²) < 4.78 is 1.81. The fourth-order valence-electron chi connectivity index (χ4n) is 0.965. The van der Waals surface area contributed by atoms with Crippen molar-refractivity contribution in [3.8, 4) is 0 Å². The summed E-state index contributed by atoms with van der Waals surface area (Å²) in [7, 11) is 1.64. The van der Waals surface area contributed by atoms with Crippen molar-refractivity contribution in [3.05, 3.63) is 18.0 Å². The number of carbonyl (C=O) groups is 1. The van der Waals surface area contributed by atoms with Gasteiger partial charge in [0.2, 0.25) is 5.91 Å². The van der Waals surface area contributed by atoms with Crippen molar-refractivity contribution in [1.82, 2.24) is 15.1 Å². The molecule has 1 amide bonds. The second-order valence-corrected chi connectivity index (χ2v) is 2.62. The van der Waals surface area contributed by atoms with E-state index < -0.39 is 0 Å². The number of aromatic nitrogens is 2. The molecular weight excluding hydrogens is 154 g/mol. The summed E-state index contributed by atoms with van der Waals surface area (Å²) in [5.41, 5.74) is 1.08. The molecule has 0 atom stereocenters. The molecule has 0 aromatic carbocycles. The largest absolute Gasteiger partial charge is 0.359 e. The predicted octanol–water partition coefficient (Wildman–Crippen LogP) is 0.328. The Morgan fingerprint density at radius 3 is 3.00 bits per heavy atom. The number of nitrogens with one attached hydrogen (secondary N) is 1. The Balaban J connectivity index is 2.43. The van der Waals surface area contributed by atoms with Gasteiger partial charge in [-0.25, -0.2) is 0 Å². The van der Waals surface area contributed by atoms with E-state index in [1.54, 1.807) is 13.2 Å². The van der Waals surface area contributed by atoms with Crippen molar-refractivity contribution in [3.63, 3.8) is 0 Å². The lowest BCUT2D eigenvalue weighted by Gasteiger charge is -2.02. The van der Waals surface area contributed by atoms with Crippen molar-refractivity contribution in [2.45, 2.75) is 19.9 Å². The fraction of sp³-hybridized carbons (Fsp3) is 0.500. The molecule has 1 heterocycles. The first-order chi connectivity index (χ1) is 5.74. The monoisotopic (exact) mass is 167 g/mol. The SMILES string of the molecule is CNC(=O)CCn1nccc1C. The Morgan fingerprint density at radius 2 is 2.50 bits per heavy atom. The van der Waals surface area contributed by atoms with E-state index in [0.717, 1.165) is 5.69 Å². The van der Waals surface area contributed by atoms with Crippen LogP contribution in [0.25, 0.3) is 0 Å². The van der Waals surface area contributed by atoms with Gasteiger partial charge < -0.3 is 5.32 Å². The van der Waals surface area contributed by atoms with Gasteiger partial charge in [0, 0.05) is 31.9 Å². The van der Waals surface area contributed by atoms with Crippen LogP contribution in [-0.2, 0) is 11.3 Å². The van der Waals surface area contributed by atoms with E-state index in [-0.39, 0.29) is 5.91 Å². The van der Waals surface area contributed by atoms with E-state index in [9.17, 15) is 4.79 Å². The summed E-state index contributed by atoms with van der Waals surface area (Å²) in [5, 5.41) is 6.63. The predicted molar refractivity (Wildman–Crippen MR) is 45.6 cm³/mol. The summed E-state index contributed by atoms with van der Waals surface area (Å²) in [6.45, 7) is 2.62. The Bertz CT molecular complexity index is 267. The maximum Gasteiger partial charge on any atom is 0.221 e. The number of amides is 1. The van der Waals surface area contributed by atoms with Gasteiger partial charge in [-0.05, 0) is 13.0 Å². The maximum atomic E-state index is 10.9. The molecule has 1 aromatic rings. The second-order valence-electron chi connectivity index (χ2n) is 2.62. The minimum Gasteiger partial charge on any atom is -0.359 e. The van der Waals surface area contributed by atoms with Gasteiger partial charge in [-0.3, -0.25) is 9.48 Å². The minimum absolute atomic E-state index is 0.0462. The van der Waals surface area contributed by atoms with Crippen molar-refractivity contribution in [2.75, 3.05) is 7.05 Å². The molecule has 4 nitrogen and oxygen atoms in total. The molecule has 0 radical (unpaired) electrons. The zero-order valence-corrected chi connectivity index (χ0v) is 7.37. The van der Waals surface area contributed by atoms with E-state index >= 15 is 0 Å². The molecule has 0 spiro atoms. The Labute approximate surface area is 71.6 Å². The Kier molecular flexibility index (Phi) is 2.85. The van der Waals surface area contributed by atoms with E-state index in [2.05, 4.69) is 10.4 Å². The normalized spacial score (nSPS) is 9.83. The number of carbonyl (C=O) groups excluding carboxylic acids is 1. The molecule has 0 fully saturated rings. The lowest BCUT2D eigenvalue weighted by Crippen LogP contribution is -2.20. The van der Waals surface area contributed by atoms with E-state index in [4.69, 9.17) is 0 Å². The van der Waals surface area contributed by atoms with E-state index in [0.29, 0.717) is 13.0 Å². The van der Waals surface area contributed by atoms with Gasteiger partial charge in [0.25, 0.3) is 0 Å². The zero-order chi connectivity index (χ0) is 8.97. The number of hydrogen-bond acceptors (Lipinski definition) is 2. The van der Waals surface area contributed by atoms with Gasteiger partial charge in [-0.2, -0.15) is 5.10 Å². The molecular formula is C8H13N3O. The molecule has 0 aliphatic heterocycles. The summed E-state index contributed by atoms with van der Waals surface area (Å²) in [6.07, 6.45) is 2.22. The molecule has 66 valence electrons. The highest BCUT2D eigenvalue weighted by Gasteiger charge is 2.00. The highest BCUT2D eigenvalue weighted by molar-refractivity contribution is 5.75. The Morgan fingerprint density at radius 1 is 1.75 bits per heavy atom. The number of hydrogen-bond donors (Lipinski definition) is 1. The third-order valence-corrected chi connectivity index (χ3v) is 1.76. The van der Waals surface area contributed by atoms with E-state index in [1.807, 2.05) is 17.7 Å². The lowest BCUT2D eigenvalue weighted by atomic mass is 10.4.